The summed E-state index contributed by atoms with van der Waals surface area (Å²) in [6.07, 6.45) is 6.19. The van der Waals surface area contributed by atoms with Gasteiger partial charge in [-0.05, 0) is 43.4 Å². The number of hydrogen-bond acceptors (Lipinski definition) is 5. The minimum atomic E-state index is -0.431. The van der Waals surface area contributed by atoms with Crippen molar-refractivity contribution in [3.05, 3.63) is 11.6 Å². The van der Waals surface area contributed by atoms with Crippen LogP contribution in [0.15, 0.2) is 11.6 Å². The zero-order valence-corrected chi connectivity index (χ0v) is 16.4. The summed E-state index contributed by atoms with van der Waals surface area (Å²) in [4.78, 5) is 11.6. The van der Waals surface area contributed by atoms with Gasteiger partial charge in [0.05, 0.1) is 12.7 Å². The first-order valence-electron chi connectivity index (χ1n) is 10.0. The fourth-order valence-electron chi connectivity index (χ4n) is 6.66. The van der Waals surface area contributed by atoms with Gasteiger partial charge in [0, 0.05) is 31.3 Å². The van der Waals surface area contributed by atoms with Crippen LogP contribution in [-0.4, -0.2) is 43.3 Å². The largest absolute Gasteiger partial charge is 0.462 e. The van der Waals surface area contributed by atoms with Crippen molar-refractivity contribution in [2.24, 2.45) is 28.6 Å². The highest BCUT2D eigenvalue weighted by Gasteiger charge is 2.61. The van der Waals surface area contributed by atoms with E-state index >= 15 is 0 Å². The molecule has 4 unspecified atom stereocenters. The zero-order valence-electron chi connectivity index (χ0n) is 16.4. The molecule has 1 heterocycles. The molecule has 0 aromatic rings. The van der Waals surface area contributed by atoms with Crippen molar-refractivity contribution in [2.45, 2.75) is 71.4 Å². The van der Waals surface area contributed by atoms with Crippen LogP contribution in [0.1, 0.15) is 52.9 Å². The Morgan fingerprint density at radius 3 is 2.73 bits per heavy atom. The summed E-state index contributed by atoms with van der Waals surface area (Å²) in [5.74, 6) is 0.814. The van der Waals surface area contributed by atoms with Crippen LogP contribution in [0.25, 0.3) is 0 Å². The Labute approximate surface area is 156 Å². The number of carbonyl (C=O) groups excluding carboxylic acids is 1. The van der Waals surface area contributed by atoms with Gasteiger partial charge >= 0.3 is 5.97 Å². The number of methoxy groups -OCH3 is 1. The third-order valence-electron chi connectivity index (χ3n) is 8.09. The Hall–Kier alpha value is -0.910. The molecule has 3 fully saturated rings. The van der Waals surface area contributed by atoms with E-state index in [1.165, 1.54) is 12.5 Å². The molecule has 4 aliphatic rings. The first-order valence-corrected chi connectivity index (χ1v) is 10.0. The van der Waals surface area contributed by atoms with Gasteiger partial charge in [-0.1, -0.05) is 25.5 Å². The molecular weight excluding hydrogens is 332 g/mol. The lowest BCUT2D eigenvalue weighted by atomic mass is 9.49. The van der Waals surface area contributed by atoms with E-state index in [0.29, 0.717) is 18.4 Å². The zero-order chi connectivity index (χ0) is 18.7. The molecule has 0 radical (unpaired) electrons. The van der Waals surface area contributed by atoms with E-state index < -0.39 is 6.10 Å². The number of aliphatic hydroxyl groups excluding tert-OH is 1. The molecule has 1 N–H and O–H groups in total. The van der Waals surface area contributed by atoms with E-state index in [9.17, 15) is 9.90 Å². The standard InChI is InChI=1S/C21H32O5/c1-12(22)26-17-6-5-14-19-15(7-8-20(14,17)2)21(3)11-25-18(24-4)10-13(21)9-16(19)23/h9,14-19,23H,5-8,10-11H2,1-4H3/t14?,15?,16-,17?,18-,19?,20-,21-/m0/s1. The molecule has 0 aromatic heterocycles. The van der Waals surface area contributed by atoms with Crippen molar-refractivity contribution in [3.8, 4) is 0 Å². The van der Waals surface area contributed by atoms with Gasteiger partial charge in [0.2, 0.25) is 0 Å². The highest BCUT2D eigenvalue weighted by molar-refractivity contribution is 5.66. The average molecular weight is 364 g/mol. The molecule has 0 bridgehead atoms. The molecule has 0 spiro atoms. The van der Waals surface area contributed by atoms with Gasteiger partial charge in [-0.3, -0.25) is 4.79 Å². The van der Waals surface area contributed by atoms with Gasteiger partial charge in [-0.15, -0.1) is 0 Å². The third-order valence-corrected chi connectivity index (χ3v) is 8.09. The van der Waals surface area contributed by atoms with Crippen molar-refractivity contribution in [1.29, 1.82) is 0 Å². The monoisotopic (exact) mass is 364 g/mol. The van der Waals surface area contributed by atoms with Gasteiger partial charge < -0.3 is 19.3 Å². The molecule has 1 saturated heterocycles. The SMILES string of the molecule is CO[C@@H]1CC2=C[C@H](O)C3C4CCC(OC(C)=O)[C@@]4(C)CCC3[C@@]2(C)CO1. The second kappa shape index (κ2) is 6.32. The molecule has 3 aliphatic carbocycles. The summed E-state index contributed by atoms with van der Waals surface area (Å²) in [5.41, 5.74) is 1.24. The minimum Gasteiger partial charge on any atom is -0.462 e. The summed E-state index contributed by atoms with van der Waals surface area (Å²) in [6.45, 7) is 6.72. The average Bonchev–Trinajstić information content (AvgIpc) is 2.91. The van der Waals surface area contributed by atoms with Crippen molar-refractivity contribution in [2.75, 3.05) is 13.7 Å². The fraction of sp³-hybridized carbons (Fsp3) is 0.857. The summed E-state index contributed by atoms with van der Waals surface area (Å²) in [5, 5.41) is 11.1. The predicted octanol–water partition coefficient (Wildman–Crippen LogP) is 3.06. The Kier molecular flexibility index (Phi) is 4.48. The Bertz CT molecular complexity index is 616. The molecule has 2 saturated carbocycles. The maximum atomic E-state index is 11.6. The van der Waals surface area contributed by atoms with Crippen LogP contribution in [-0.2, 0) is 19.0 Å². The lowest BCUT2D eigenvalue weighted by Crippen LogP contribution is -2.57. The minimum absolute atomic E-state index is 0.0168. The lowest BCUT2D eigenvalue weighted by molar-refractivity contribution is -0.191. The maximum absolute atomic E-state index is 11.6. The smallest absolute Gasteiger partial charge is 0.302 e. The second-order valence-electron chi connectivity index (χ2n) is 9.29. The number of rotatable bonds is 2. The van der Waals surface area contributed by atoms with Crippen molar-refractivity contribution in [3.63, 3.8) is 0 Å². The molecule has 0 aromatic carbocycles. The van der Waals surface area contributed by atoms with E-state index in [2.05, 4.69) is 19.9 Å². The van der Waals surface area contributed by atoms with Gasteiger partial charge in [0.25, 0.3) is 0 Å². The number of ether oxygens (including phenoxy) is 3. The normalized spacial score (nSPS) is 50.3. The van der Waals surface area contributed by atoms with Crippen LogP contribution < -0.4 is 0 Å². The van der Waals surface area contributed by atoms with E-state index in [1.54, 1.807) is 7.11 Å². The third kappa shape index (κ3) is 2.58. The highest BCUT2D eigenvalue weighted by atomic mass is 16.7. The van der Waals surface area contributed by atoms with Crippen LogP contribution >= 0.6 is 0 Å². The van der Waals surface area contributed by atoms with Crippen molar-refractivity contribution >= 4 is 5.97 Å². The number of aliphatic hydroxyl groups is 1. The highest BCUT2D eigenvalue weighted by Crippen LogP contribution is 2.64. The van der Waals surface area contributed by atoms with Gasteiger partial charge in [-0.2, -0.15) is 0 Å². The summed E-state index contributed by atoms with van der Waals surface area (Å²) < 4.78 is 17.1. The van der Waals surface area contributed by atoms with Gasteiger partial charge in [-0.25, -0.2) is 0 Å². The summed E-state index contributed by atoms with van der Waals surface area (Å²) in [7, 11) is 1.68. The van der Waals surface area contributed by atoms with Crippen molar-refractivity contribution < 1.29 is 24.1 Å². The van der Waals surface area contributed by atoms with Crippen LogP contribution in [0.3, 0.4) is 0 Å². The fourth-order valence-corrected chi connectivity index (χ4v) is 6.66. The molecular formula is C21H32O5. The Morgan fingerprint density at radius 2 is 2.04 bits per heavy atom. The number of esters is 1. The van der Waals surface area contributed by atoms with Crippen LogP contribution in [0.4, 0.5) is 0 Å². The maximum Gasteiger partial charge on any atom is 0.302 e. The molecule has 5 heteroatoms. The quantitative estimate of drug-likeness (QED) is 0.603. The predicted molar refractivity (Wildman–Crippen MR) is 96.2 cm³/mol. The number of hydrogen-bond donors (Lipinski definition) is 1. The lowest BCUT2D eigenvalue weighted by Gasteiger charge is -2.58. The van der Waals surface area contributed by atoms with E-state index in [4.69, 9.17) is 14.2 Å². The Morgan fingerprint density at radius 1 is 1.27 bits per heavy atom. The topological polar surface area (TPSA) is 65.0 Å². The first kappa shape index (κ1) is 18.5. The first-order chi connectivity index (χ1) is 12.3. The number of carbonyl (C=O) groups is 1. The molecule has 8 atom stereocenters. The van der Waals surface area contributed by atoms with Crippen LogP contribution in [0.5, 0.6) is 0 Å². The molecule has 1 aliphatic heterocycles. The Balaban J connectivity index is 1.65. The summed E-state index contributed by atoms with van der Waals surface area (Å²) >= 11 is 0. The summed E-state index contributed by atoms with van der Waals surface area (Å²) in [6, 6.07) is 0. The second-order valence-corrected chi connectivity index (χ2v) is 9.29. The molecule has 146 valence electrons. The molecule has 0 amide bonds. The molecule has 5 nitrogen and oxygen atoms in total. The van der Waals surface area contributed by atoms with E-state index in [1.807, 2.05) is 0 Å². The molecule has 4 rings (SSSR count). The van der Waals surface area contributed by atoms with E-state index in [-0.39, 0.29) is 35.1 Å². The molecule has 26 heavy (non-hydrogen) atoms. The number of fused-ring (bicyclic) bond motifs is 5. The van der Waals surface area contributed by atoms with Gasteiger partial charge in [0.15, 0.2) is 6.29 Å². The van der Waals surface area contributed by atoms with E-state index in [0.717, 1.165) is 32.1 Å². The van der Waals surface area contributed by atoms with Crippen LogP contribution in [0.2, 0.25) is 0 Å². The van der Waals surface area contributed by atoms with Crippen LogP contribution in [0, 0.1) is 28.6 Å². The van der Waals surface area contributed by atoms with Crippen molar-refractivity contribution in [1.82, 2.24) is 0 Å². The van der Waals surface area contributed by atoms with Gasteiger partial charge in [0.1, 0.15) is 6.10 Å².